The van der Waals surface area contributed by atoms with Gasteiger partial charge in [0.25, 0.3) is 0 Å². The van der Waals surface area contributed by atoms with Crippen molar-refractivity contribution in [1.29, 1.82) is 5.26 Å². The molecule has 1 aliphatic heterocycles. The van der Waals surface area contributed by atoms with Crippen molar-refractivity contribution in [3.8, 4) is 11.8 Å². The highest BCUT2D eigenvalue weighted by Crippen LogP contribution is 2.25. The molecule has 2 aromatic carbocycles. The number of β-amino-alcohol motifs (C(OH)–C–C–N with tert-alkyl or cyclic N) is 1. The average Bonchev–Trinajstić information content (AvgIpc) is 2.73. The van der Waals surface area contributed by atoms with Gasteiger partial charge in [-0.05, 0) is 36.4 Å². The number of hydrogen-bond donors (Lipinski definition) is 1. The lowest BCUT2D eigenvalue weighted by molar-refractivity contribution is 0.0569. The first-order valence-electron chi connectivity index (χ1n) is 9.18. The van der Waals surface area contributed by atoms with Crippen molar-refractivity contribution in [2.75, 3.05) is 39.3 Å². The first-order chi connectivity index (χ1) is 13.9. The summed E-state index contributed by atoms with van der Waals surface area (Å²) >= 11 is 6.05. The summed E-state index contributed by atoms with van der Waals surface area (Å²) in [6.45, 7) is 2.18. The Morgan fingerprint density at radius 1 is 1.10 bits per heavy atom. The van der Waals surface area contributed by atoms with Crippen molar-refractivity contribution in [1.82, 2.24) is 9.21 Å². The second-order valence-electron chi connectivity index (χ2n) is 6.74. The monoisotopic (exact) mass is 435 g/mol. The Kier molecular flexibility index (Phi) is 7.11. The fourth-order valence-electron chi connectivity index (χ4n) is 3.11. The maximum absolute atomic E-state index is 12.8. The molecule has 3 rings (SSSR count). The van der Waals surface area contributed by atoms with Crippen LogP contribution >= 0.6 is 11.6 Å². The predicted octanol–water partition coefficient (Wildman–Crippen LogP) is 1.96. The molecule has 2 aromatic rings. The number of rotatable bonds is 7. The smallest absolute Gasteiger partial charge is 0.244 e. The van der Waals surface area contributed by atoms with Gasteiger partial charge in [-0.15, -0.1) is 0 Å². The summed E-state index contributed by atoms with van der Waals surface area (Å²) in [5.74, 6) is 0.582. The summed E-state index contributed by atoms with van der Waals surface area (Å²) in [6.07, 6.45) is -0.711. The maximum Gasteiger partial charge on any atom is 0.244 e. The molecule has 0 spiro atoms. The summed E-state index contributed by atoms with van der Waals surface area (Å²) in [6, 6.07) is 15.1. The Balaban J connectivity index is 1.48. The molecule has 0 radical (unpaired) electrons. The molecule has 0 aliphatic carbocycles. The molecule has 154 valence electrons. The molecule has 0 bridgehead atoms. The van der Waals surface area contributed by atoms with E-state index in [2.05, 4.69) is 0 Å². The zero-order valence-electron chi connectivity index (χ0n) is 15.7. The molecule has 29 heavy (non-hydrogen) atoms. The Bertz CT molecular complexity index is 968. The van der Waals surface area contributed by atoms with Crippen molar-refractivity contribution in [3.63, 3.8) is 0 Å². The zero-order chi connectivity index (χ0) is 20.9. The normalized spacial score (nSPS) is 16.9. The van der Waals surface area contributed by atoms with Gasteiger partial charge < -0.3 is 9.84 Å². The summed E-state index contributed by atoms with van der Waals surface area (Å²) in [5, 5.41) is 19.2. The van der Waals surface area contributed by atoms with Gasteiger partial charge in [0.05, 0.1) is 16.7 Å². The first kappa shape index (κ1) is 21.6. The van der Waals surface area contributed by atoms with Crippen molar-refractivity contribution < 1.29 is 18.3 Å². The average molecular weight is 436 g/mol. The molecule has 1 heterocycles. The van der Waals surface area contributed by atoms with Crippen LogP contribution in [0.2, 0.25) is 5.02 Å². The Hall–Kier alpha value is -2.15. The molecular formula is C20H22ClN3O4S. The van der Waals surface area contributed by atoms with Crippen LogP contribution in [0, 0.1) is 11.3 Å². The lowest BCUT2D eigenvalue weighted by atomic mass is 10.2. The van der Waals surface area contributed by atoms with Gasteiger partial charge >= 0.3 is 0 Å². The van der Waals surface area contributed by atoms with Gasteiger partial charge in [0.2, 0.25) is 10.0 Å². The second kappa shape index (κ2) is 9.57. The number of nitrogens with zero attached hydrogens (tertiary/aromatic N) is 3. The number of ether oxygens (including phenoxy) is 1. The van der Waals surface area contributed by atoms with E-state index < -0.39 is 16.1 Å². The standard InChI is InChI=1S/C20H22ClN3O4S/c21-19-3-1-2-4-20(19)29(26,27)24-11-9-23(10-12-24)14-17(25)15-28-18-7-5-16(13-22)6-8-18/h1-8,17,25H,9-12,14-15H2/t17-/m1/s1. The molecule has 0 saturated carbocycles. The van der Waals surface area contributed by atoms with Crippen molar-refractivity contribution in [2.24, 2.45) is 0 Å². The summed E-state index contributed by atoms with van der Waals surface area (Å²) in [7, 11) is -3.63. The number of piperazine rings is 1. The highest BCUT2D eigenvalue weighted by Gasteiger charge is 2.30. The van der Waals surface area contributed by atoms with E-state index in [1.165, 1.54) is 10.4 Å². The SMILES string of the molecule is N#Cc1ccc(OC[C@H](O)CN2CCN(S(=O)(=O)c3ccccc3Cl)CC2)cc1. The molecule has 1 N–H and O–H groups in total. The van der Waals surface area contributed by atoms with Crippen LogP contribution in [0.1, 0.15) is 5.56 Å². The van der Waals surface area contributed by atoms with Gasteiger partial charge in [0, 0.05) is 32.7 Å². The Morgan fingerprint density at radius 3 is 2.38 bits per heavy atom. The number of aliphatic hydroxyl groups excluding tert-OH is 1. The minimum Gasteiger partial charge on any atom is -0.491 e. The van der Waals surface area contributed by atoms with Gasteiger partial charge in [0.15, 0.2) is 0 Å². The minimum absolute atomic E-state index is 0.115. The van der Waals surface area contributed by atoms with Crippen molar-refractivity contribution in [3.05, 3.63) is 59.1 Å². The minimum atomic E-state index is -3.63. The van der Waals surface area contributed by atoms with Crippen LogP contribution in [-0.2, 0) is 10.0 Å². The van der Waals surface area contributed by atoms with Crippen LogP contribution < -0.4 is 4.74 Å². The van der Waals surface area contributed by atoms with Crippen LogP contribution in [0.25, 0.3) is 0 Å². The van der Waals surface area contributed by atoms with Gasteiger partial charge in [-0.3, -0.25) is 4.90 Å². The molecule has 9 heteroatoms. The van der Waals surface area contributed by atoms with Crippen molar-refractivity contribution in [2.45, 2.75) is 11.0 Å². The molecule has 0 unspecified atom stereocenters. The van der Waals surface area contributed by atoms with Crippen LogP contribution in [-0.4, -0.2) is 68.2 Å². The molecule has 0 aromatic heterocycles. The van der Waals surface area contributed by atoms with E-state index in [9.17, 15) is 13.5 Å². The van der Waals surface area contributed by atoms with E-state index in [0.29, 0.717) is 44.0 Å². The topological polar surface area (TPSA) is 93.9 Å². The van der Waals surface area contributed by atoms with Gasteiger partial charge in [0.1, 0.15) is 23.4 Å². The molecule has 1 aliphatic rings. The van der Waals surface area contributed by atoms with Crippen LogP contribution in [0.15, 0.2) is 53.4 Å². The van der Waals surface area contributed by atoms with E-state index in [1.807, 2.05) is 11.0 Å². The molecule has 1 fully saturated rings. The van der Waals surface area contributed by atoms with Crippen LogP contribution in [0.3, 0.4) is 0 Å². The van der Waals surface area contributed by atoms with E-state index >= 15 is 0 Å². The summed E-state index contributed by atoms with van der Waals surface area (Å²) < 4.78 is 32.5. The van der Waals surface area contributed by atoms with Crippen LogP contribution in [0.5, 0.6) is 5.75 Å². The number of hydrogen-bond acceptors (Lipinski definition) is 6. The maximum atomic E-state index is 12.8. The van der Waals surface area contributed by atoms with E-state index in [4.69, 9.17) is 21.6 Å². The fraction of sp³-hybridized carbons (Fsp3) is 0.350. The van der Waals surface area contributed by atoms with Crippen LogP contribution in [0.4, 0.5) is 0 Å². The third kappa shape index (κ3) is 5.47. The van der Waals surface area contributed by atoms with E-state index in [1.54, 1.807) is 42.5 Å². The number of halogens is 1. The molecule has 7 nitrogen and oxygen atoms in total. The van der Waals surface area contributed by atoms with Gasteiger partial charge in [-0.1, -0.05) is 23.7 Å². The quantitative estimate of drug-likeness (QED) is 0.714. The van der Waals surface area contributed by atoms with Gasteiger partial charge in [-0.25, -0.2) is 8.42 Å². The third-order valence-electron chi connectivity index (χ3n) is 4.68. The van der Waals surface area contributed by atoms with Crippen molar-refractivity contribution >= 4 is 21.6 Å². The Labute approximate surface area is 175 Å². The highest BCUT2D eigenvalue weighted by molar-refractivity contribution is 7.89. The number of sulfonamides is 1. The van der Waals surface area contributed by atoms with E-state index in [0.717, 1.165) is 0 Å². The molecule has 1 saturated heterocycles. The number of benzene rings is 2. The second-order valence-corrected chi connectivity index (χ2v) is 9.05. The van der Waals surface area contributed by atoms with Gasteiger partial charge in [-0.2, -0.15) is 9.57 Å². The van der Waals surface area contributed by atoms with E-state index in [-0.39, 0.29) is 16.5 Å². The largest absolute Gasteiger partial charge is 0.491 e. The Morgan fingerprint density at radius 2 is 1.76 bits per heavy atom. The predicted molar refractivity (Wildman–Crippen MR) is 109 cm³/mol. The third-order valence-corrected chi connectivity index (χ3v) is 7.08. The molecular weight excluding hydrogens is 414 g/mol. The number of aliphatic hydroxyl groups is 1. The fourth-order valence-corrected chi connectivity index (χ4v) is 5.03. The number of nitriles is 1. The lowest BCUT2D eigenvalue weighted by Gasteiger charge is -2.35. The highest BCUT2D eigenvalue weighted by atomic mass is 35.5. The summed E-state index contributed by atoms with van der Waals surface area (Å²) in [5.41, 5.74) is 0.544. The molecule has 1 atom stereocenters. The zero-order valence-corrected chi connectivity index (χ0v) is 17.3. The summed E-state index contributed by atoms with van der Waals surface area (Å²) in [4.78, 5) is 2.12. The lowest BCUT2D eigenvalue weighted by Crippen LogP contribution is -2.50. The molecule has 0 amide bonds. The first-order valence-corrected chi connectivity index (χ1v) is 11.0.